The molecule has 0 aliphatic heterocycles. The van der Waals surface area contributed by atoms with Crippen LogP contribution in [0.4, 0.5) is 0 Å². The van der Waals surface area contributed by atoms with Crippen LogP contribution in [-0.2, 0) is 14.3 Å². The summed E-state index contributed by atoms with van der Waals surface area (Å²) in [5.41, 5.74) is 0.557. The first-order valence-corrected chi connectivity index (χ1v) is 12.0. The van der Waals surface area contributed by atoms with Crippen LogP contribution in [0.2, 0.25) is 0 Å². The highest BCUT2D eigenvalue weighted by Crippen LogP contribution is 2.13. The lowest BCUT2D eigenvalue weighted by Crippen LogP contribution is -2.22. The van der Waals surface area contributed by atoms with Crippen molar-refractivity contribution >= 4 is 11.9 Å². The van der Waals surface area contributed by atoms with E-state index >= 15 is 0 Å². The summed E-state index contributed by atoms with van der Waals surface area (Å²) in [7, 11) is 0. The third kappa shape index (κ3) is 26.4. The number of carbonyl (C=O) groups is 2. The molecule has 0 radical (unpaired) electrons. The summed E-state index contributed by atoms with van der Waals surface area (Å²) in [6, 6.07) is 0. The fourth-order valence-corrected chi connectivity index (χ4v) is 2.94. The average Bonchev–Trinajstić information content (AvgIpc) is 2.70. The van der Waals surface area contributed by atoms with E-state index in [2.05, 4.69) is 20.1 Å². The highest BCUT2D eigenvalue weighted by molar-refractivity contribution is 5.86. The summed E-state index contributed by atoms with van der Waals surface area (Å²) in [5, 5.41) is 9.49. The third-order valence-electron chi connectivity index (χ3n) is 4.93. The van der Waals surface area contributed by atoms with Crippen LogP contribution >= 0.6 is 0 Å². The molecule has 0 bridgehead atoms. The summed E-state index contributed by atoms with van der Waals surface area (Å²) in [4.78, 5) is 20.7. The fourth-order valence-electron chi connectivity index (χ4n) is 2.94. The van der Waals surface area contributed by atoms with Gasteiger partial charge in [-0.1, -0.05) is 116 Å². The van der Waals surface area contributed by atoms with Crippen LogP contribution in [0.25, 0.3) is 0 Å². The van der Waals surface area contributed by atoms with Crippen LogP contribution in [-0.4, -0.2) is 18.5 Å². The first-order valence-electron chi connectivity index (χ1n) is 12.0. The van der Waals surface area contributed by atoms with Crippen LogP contribution < -0.4 is 5.11 Å². The van der Waals surface area contributed by atoms with Crippen molar-refractivity contribution in [2.45, 2.75) is 124 Å². The molecule has 0 aliphatic rings. The van der Waals surface area contributed by atoms with Crippen LogP contribution in [0.1, 0.15) is 124 Å². The van der Waals surface area contributed by atoms with Crippen molar-refractivity contribution in [1.82, 2.24) is 0 Å². The number of rotatable bonds is 19. The van der Waals surface area contributed by atoms with Gasteiger partial charge in [0.05, 0.1) is 12.6 Å². The molecule has 0 aromatic heterocycles. The summed E-state index contributed by atoms with van der Waals surface area (Å²) < 4.78 is 5.08. The Labute approximate surface area is 186 Å². The lowest BCUT2D eigenvalue weighted by molar-refractivity contribution is -0.299. The first kappa shape index (κ1) is 30.6. The van der Waals surface area contributed by atoms with Crippen LogP contribution in [0, 0.1) is 0 Å². The summed E-state index contributed by atoms with van der Waals surface area (Å²) in [6.45, 7) is 12.6. The molecule has 0 atom stereocenters. The van der Waals surface area contributed by atoms with E-state index in [1.54, 1.807) is 6.92 Å². The molecule has 0 rings (SSSR count). The van der Waals surface area contributed by atoms with E-state index in [0.717, 1.165) is 6.42 Å². The maximum absolute atomic E-state index is 11.2. The number of carboxylic acid groups (broad SMARTS) is 1. The van der Waals surface area contributed by atoms with Gasteiger partial charge >= 0.3 is 5.97 Å². The maximum Gasteiger partial charge on any atom is 0.333 e. The minimum absolute atomic E-state index is 0.0648. The van der Waals surface area contributed by atoms with E-state index in [1.807, 2.05) is 0 Å². The monoisotopic (exact) mass is 423 g/mol. The Hall–Kier alpha value is -1.58. The number of hydrogen-bond donors (Lipinski definition) is 0. The molecule has 0 saturated heterocycles. The Morgan fingerprint density at radius 3 is 1.20 bits per heavy atom. The van der Waals surface area contributed by atoms with Gasteiger partial charge in [-0.05, 0) is 25.8 Å². The predicted molar refractivity (Wildman–Crippen MR) is 125 cm³/mol. The van der Waals surface area contributed by atoms with Gasteiger partial charge in [0.2, 0.25) is 0 Å². The Bertz CT molecular complexity index is 442. The van der Waals surface area contributed by atoms with Crippen molar-refractivity contribution in [3.8, 4) is 0 Å². The van der Waals surface area contributed by atoms with Gasteiger partial charge in [-0.25, -0.2) is 4.79 Å². The second-order valence-electron chi connectivity index (χ2n) is 8.29. The molecule has 30 heavy (non-hydrogen) atoms. The molecule has 0 spiro atoms. The lowest BCUT2D eigenvalue weighted by atomic mass is 10.0. The largest absolute Gasteiger partial charge is 0.545 e. The van der Waals surface area contributed by atoms with E-state index in [9.17, 15) is 14.7 Å². The zero-order chi connectivity index (χ0) is 23.0. The van der Waals surface area contributed by atoms with E-state index in [0.29, 0.717) is 12.2 Å². The highest BCUT2D eigenvalue weighted by atomic mass is 16.5. The van der Waals surface area contributed by atoms with E-state index in [-0.39, 0.29) is 11.5 Å². The van der Waals surface area contributed by atoms with Crippen molar-refractivity contribution in [1.29, 1.82) is 0 Å². The zero-order valence-electron chi connectivity index (χ0n) is 20.1. The number of carboxylic acids is 1. The zero-order valence-corrected chi connectivity index (χ0v) is 20.1. The molecule has 0 N–H and O–H groups in total. The highest BCUT2D eigenvalue weighted by Gasteiger charge is 2.01. The van der Waals surface area contributed by atoms with Gasteiger partial charge < -0.3 is 14.6 Å². The lowest BCUT2D eigenvalue weighted by Gasteiger charge is -2.05. The quantitative estimate of drug-likeness (QED) is 0.132. The van der Waals surface area contributed by atoms with E-state index in [4.69, 9.17) is 4.74 Å². The van der Waals surface area contributed by atoms with Crippen molar-refractivity contribution < 1.29 is 19.4 Å². The number of aliphatic carboxylic acids is 1. The summed E-state index contributed by atoms with van der Waals surface area (Å²) in [5.74, 6) is -1.44. The Morgan fingerprint density at radius 1 is 0.633 bits per heavy atom. The fraction of sp³-hybridized carbons (Fsp3) is 0.769. The van der Waals surface area contributed by atoms with Gasteiger partial charge in [0.15, 0.2) is 0 Å². The number of hydrogen-bond acceptors (Lipinski definition) is 4. The summed E-state index contributed by atoms with van der Waals surface area (Å²) >= 11 is 0. The van der Waals surface area contributed by atoms with Crippen LogP contribution in [0.5, 0.6) is 0 Å². The molecule has 4 nitrogen and oxygen atoms in total. The van der Waals surface area contributed by atoms with E-state index < -0.39 is 5.97 Å². The van der Waals surface area contributed by atoms with Gasteiger partial charge in [0.1, 0.15) is 0 Å². The smallest absolute Gasteiger partial charge is 0.333 e. The molecular formula is C26H47O4-. The number of ether oxygens (including phenoxy) is 1. The summed E-state index contributed by atoms with van der Waals surface area (Å²) in [6.07, 6.45) is 21.7. The Balaban J connectivity index is 0. The number of unbranched alkanes of at least 4 members (excludes halogenated alkanes) is 15. The van der Waals surface area contributed by atoms with Gasteiger partial charge in [-0.3, -0.25) is 0 Å². The SMILES string of the molecule is C=C(C)C(=O)OCCCCCCCCCCCCCCCCCC.C=C(C)C(=O)[O-]. The van der Waals surface area contributed by atoms with Crippen molar-refractivity contribution in [3.63, 3.8) is 0 Å². The first-order chi connectivity index (χ1) is 14.3. The van der Waals surface area contributed by atoms with E-state index in [1.165, 1.54) is 103 Å². The minimum Gasteiger partial charge on any atom is -0.545 e. The maximum atomic E-state index is 11.2. The molecule has 0 amide bonds. The topological polar surface area (TPSA) is 66.4 Å². The molecule has 0 saturated carbocycles. The van der Waals surface area contributed by atoms with Crippen molar-refractivity contribution in [2.24, 2.45) is 0 Å². The van der Waals surface area contributed by atoms with Gasteiger partial charge in [-0.15, -0.1) is 0 Å². The van der Waals surface area contributed by atoms with Crippen LogP contribution in [0.15, 0.2) is 24.3 Å². The predicted octanol–water partition coefficient (Wildman–Crippen LogP) is 6.68. The molecular weight excluding hydrogens is 376 g/mol. The average molecular weight is 424 g/mol. The normalized spacial score (nSPS) is 10.1. The van der Waals surface area contributed by atoms with Gasteiger partial charge in [-0.2, -0.15) is 0 Å². The van der Waals surface area contributed by atoms with Crippen molar-refractivity contribution in [3.05, 3.63) is 24.3 Å². The molecule has 0 unspecified atom stereocenters. The van der Waals surface area contributed by atoms with Crippen LogP contribution in [0.3, 0.4) is 0 Å². The molecule has 0 aliphatic carbocycles. The van der Waals surface area contributed by atoms with Gasteiger partial charge in [0, 0.05) is 5.57 Å². The second kappa shape index (κ2) is 23.7. The molecule has 0 aromatic rings. The van der Waals surface area contributed by atoms with Crippen molar-refractivity contribution in [2.75, 3.05) is 6.61 Å². The number of esters is 1. The minimum atomic E-state index is -1.19. The molecule has 4 heteroatoms. The third-order valence-corrected chi connectivity index (χ3v) is 4.93. The standard InChI is InChI=1S/C22H42O2.C4H6O2/c1-4-5-6-7-8-9-10-11-12-13-14-15-16-17-18-19-20-24-22(23)21(2)3;1-3(2)4(5)6/h2,4-20H2,1,3H3;1H2,2H3,(H,5,6)/p-1. The number of carbonyl (C=O) groups excluding carboxylic acids is 2. The Morgan fingerprint density at radius 2 is 0.933 bits per heavy atom. The van der Waals surface area contributed by atoms with Gasteiger partial charge in [0.25, 0.3) is 0 Å². The molecule has 0 fully saturated rings. The molecule has 0 heterocycles. The Kier molecular flexibility index (Phi) is 24.2. The molecule has 0 aromatic carbocycles. The second-order valence-corrected chi connectivity index (χ2v) is 8.29. The molecule has 176 valence electrons.